The lowest BCUT2D eigenvalue weighted by molar-refractivity contribution is 0.181. The summed E-state index contributed by atoms with van der Waals surface area (Å²) in [5.41, 5.74) is 4.70. The molecular weight excluding hydrogens is 266 g/mol. The average Bonchev–Trinajstić information content (AvgIpc) is 2.80. The summed E-state index contributed by atoms with van der Waals surface area (Å²) in [6, 6.07) is 6.17. The normalized spacial score (nSPS) is 10.9. The molecule has 0 fully saturated rings. The van der Waals surface area contributed by atoms with Gasteiger partial charge in [-0.15, -0.1) is 0 Å². The SMILES string of the molecule is COCc1cc(CNCc2cnn(C)c2C)ccc1OC. The van der Waals surface area contributed by atoms with Crippen LogP contribution in [0.4, 0.5) is 0 Å². The van der Waals surface area contributed by atoms with Crippen molar-refractivity contribution >= 4 is 0 Å². The maximum absolute atomic E-state index is 5.33. The number of ether oxygens (including phenoxy) is 2. The molecule has 0 bridgehead atoms. The summed E-state index contributed by atoms with van der Waals surface area (Å²) in [6.45, 7) is 4.24. The number of hydrogen-bond donors (Lipinski definition) is 1. The third-order valence-corrected chi connectivity index (χ3v) is 3.63. The molecule has 0 radical (unpaired) electrons. The minimum atomic E-state index is 0.554. The largest absolute Gasteiger partial charge is 0.496 e. The van der Waals surface area contributed by atoms with E-state index in [1.54, 1.807) is 14.2 Å². The maximum atomic E-state index is 5.33. The quantitative estimate of drug-likeness (QED) is 0.848. The third-order valence-electron chi connectivity index (χ3n) is 3.63. The molecule has 0 saturated heterocycles. The van der Waals surface area contributed by atoms with Crippen molar-refractivity contribution in [1.82, 2.24) is 15.1 Å². The molecule has 5 heteroatoms. The van der Waals surface area contributed by atoms with Crippen LogP contribution < -0.4 is 10.1 Å². The second kappa shape index (κ2) is 7.24. The average molecular weight is 289 g/mol. The number of nitrogens with zero attached hydrogens (tertiary/aromatic N) is 2. The second-order valence-corrected chi connectivity index (χ2v) is 5.06. The molecule has 0 aliphatic heterocycles. The van der Waals surface area contributed by atoms with Gasteiger partial charge in [0.05, 0.1) is 19.9 Å². The Morgan fingerprint density at radius 1 is 1.19 bits per heavy atom. The first-order chi connectivity index (χ1) is 10.2. The van der Waals surface area contributed by atoms with Gasteiger partial charge < -0.3 is 14.8 Å². The molecule has 1 heterocycles. The van der Waals surface area contributed by atoms with E-state index in [2.05, 4.69) is 29.5 Å². The number of nitrogens with one attached hydrogen (secondary N) is 1. The molecule has 1 aromatic carbocycles. The first kappa shape index (κ1) is 15.5. The summed E-state index contributed by atoms with van der Waals surface area (Å²) < 4.78 is 12.4. The van der Waals surface area contributed by atoms with Crippen molar-refractivity contribution in [3.63, 3.8) is 0 Å². The molecule has 0 aliphatic carbocycles. The van der Waals surface area contributed by atoms with E-state index in [1.165, 1.54) is 16.8 Å². The highest BCUT2D eigenvalue weighted by molar-refractivity contribution is 5.37. The zero-order valence-corrected chi connectivity index (χ0v) is 13.1. The zero-order chi connectivity index (χ0) is 15.2. The van der Waals surface area contributed by atoms with Crippen LogP contribution in [-0.2, 0) is 31.5 Å². The van der Waals surface area contributed by atoms with Crippen LogP contribution in [0.25, 0.3) is 0 Å². The van der Waals surface area contributed by atoms with Crippen molar-refractivity contribution < 1.29 is 9.47 Å². The highest BCUT2D eigenvalue weighted by atomic mass is 16.5. The summed E-state index contributed by atoms with van der Waals surface area (Å²) in [4.78, 5) is 0. The molecule has 0 atom stereocenters. The zero-order valence-electron chi connectivity index (χ0n) is 13.1. The van der Waals surface area contributed by atoms with Crippen molar-refractivity contribution in [2.45, 2.75) is 26.6 Å². The first-order valence-electron chi connectivity index (χ1n) is 6.98. The Morgan fingerprint density at radius 3 is 2.62 bits per heavy atom. The lowest BCUT2D eigenvalue weighted by Gasteiger charge is -2.11. The maximum Gasteiger partial charge on any atom is 0.124 e. The van der Waals surface area contributed by atoms with E-state index >= 15 is 0 Å². The van der Waals surface area contributed by atoms with Crippen LogP contribution in [0.15, 0.2) is 24.4 Å². The van der Waals surface area contributed by atoms with E-state index in [0.717, 1.165) is 24.4 Å². The van der Waals surface area contributed by atoms with Gasteiger partial charge in [-0.05, 0) is 24.6 Å². The molecule has 1 N–H and O–H groups in total. The predicted molar refractivity (Wildman–Crippen MR) is 82.2 cm³/mol. The van der Waals surface area contributed by atoms with Crippen molar-refractivity contribution in [1.29, 1.82) is 0 Å². The Balaban J connectivity index is 1.96. The van der Waals surface area contributed by atoms with Crippen molar-refractivity contribution in [3.05, 3.63) is 46.8 Å². The van der Waals surface area contributed by atoms with Gasteiger partial charge in [-0.3, -0.25) is 4.68 Å². The van der Waals surface area contributed by atoms with E-state index in [9.17, 15) is 0 Å². The third kappa shape index (κ3) is 3.83. The Morgan fingerprint density at radius 2 is 2.00 bits per heavy atom. The van der Waals surface area contributed by atoms with Crippen LogP contribution in [0, 0.1) is 6.92 Å². The standard InChI is InChI=1S/C16H23N3O2/c1-12-15(10-18-19(12)2)9-17-8-13-5-6-16(21-4)14(7-13)11-20-3/h5-7,10,17H,8-9,11H2,1-4H3. The lowest BCUT2D eigenvalue weighted by Crippen LogP contribution is -2.13. The molecule has 21 heavy (non-hydrogen) atoms. The van der Waals surface area contributed by atoms with Gasteiger partial charge in [0.15, 0.2) is 0 Å². The summed E-state index contributed by atoms with van der Waals surface area (Å²) in [7, 11) is 5.33. The number of aryl methyl sites for hydroxylation is 1. The number of aromatic nitrogens is 2. The van der Waals surface area contributed by atoms with E-state index in [0.29, 0.717) is 6.61 Å². The van der Waals surface area contributed by atoms with E-state index in [4.69, 9.17) is 9.47 Å². The number of benzene rings is 1. The lowest BCUT2D eigenvalue weighted by atomic mass is 10.1. The Hall–Kier alpha value is -1.85. The molecule has 2 aromatic rings. The van der Waals surface area contributed by atoms with Crippen LogP contribution in [0.1, 0.15) is 22.4 Å². The second-order valence-electron chi connectivity index (χ2n) is 5.06. The molecule has 5 nitrogen and oxygen atoms in total. The molecule has 0 aliphatic rings. The minimum Gasteiger partial charge on any atom is -0.496 e. The number of rotatable bonds is 7. The van der Waals surface area contributed by atoms with Crippen molar-refractivity contribution in [3.8, 4) is 5.75 Å². The molecule has 114 valence electrons. The Bertz CT molecular complexity index is 593. The smallest absolute Gasteiger partial charge is 0.124 e. The molecule has 0 unspecified atom stereocenters. The van der Waals surface area contributed by atoms with Crippen LogP contribution in [-0.4, -0.2) is 24.0 Å². The summed E-state index contributed by atoms with van der Waals surface area (Å²) >= 11 is 0. The van der Waals surface area contributed by atoms with E-state index < -0.39 is 0 Å². The van der Waals surface area contributed by atoms with Gasteiger partial charge in [-0.2, -0.15) is 5.10 Å². The van der Waals surface area contributed by atoms with Crippen molar-refractivity contribution in [2.24, 2.45) is 7.05 Å². The predicted octanol–water partition coefficient (Wildman–Crippen LogP) is 2.17. The first-order valence-corrected chi connectivity index (χ1v) is 6.98. The Labute approximate surface area is 125 Å². The number of hydrogen-bond acceptors (Lipinski definition) is 4. The molecule has 0 spiro atoms. The van der Waals surface area contributed by atoms with Gasteiger partial charge >= 0.3 is 0 Å². The molecule has 1 aromatic heterocycles. The summed E-state index contributed by atoms with van der Waals surface area (Å²) in [5.74, 6) is 0.865. The van der Waals surface area contributed by atoms with Gasteiger partial charge in [-0.25, -0.2) is 0 Å². The van der Waals surface area contributed by atoms with Gasteiger partial charge in [0.25, 0.3) is 0 Å². The molecular formula is C16H23N3O2. The fraction of sp³-hybridized carbons (Fsp3) is 0.438. The fourth-order valence-electron chi connectivity index (χ4n) is 2.27. The summed E-state index contributed by atoms with van der Waals surface area (Å²) in [5, 5.41) is 7.69. The van der Waals surface area contributed by atoms with Gasteiger partial charge in [-0.1, -0.05) is 6.07 Å². The van der Waals surface area contributed by atoms with Crippen LogP contribution in [0.5, 0.6) is 5.75 Å². The molecule has 2 rings (SSSR count). The monoisotopic (exact) mass is 289 g/mol. The van der Waals surface area contributed by atoms with Gasteiger partial charge in [0, 0.05) is 44.1 Å². The van der Waals surface area contributed by atoms with E-state index in [1.807, 2.05) is 24.0 Å². The summed E-state index contributed by atoms with van der Waals surface area (Å²) in [6.07, 6.45) is 1.91. The molecule has 0 saturated carbocycles. The fourth-order valence-corrected chi connectivity index (χ4v) is 2.27. The number of methoxy groups -OCH3 is 2. The van der Waals surface area contributed by atoms with Crippen LogP contribution in [0.3, 0.4) is 0 Å². The molecule has 0 amide bonds. The van der Waals surface area contributed by atoms with Gasteiger partial charge in [0.1, 0.15) is 5.75 Å². The Kier molecular flexibility index (Phi) is 5.36. The highest BCUT2D eigenvalue weighted by Crippen LogP contribution is 2.20. The van der Waals surface area contributed by atoms with Crippen LogP contribution >= 0.6 is 0 Å². The van der Waals surface area contributed by atoms with E-state index in [-0.39, 0.29) is 0 Å². The van der Waals surface area contributed by atoms with Gasteiger partial charge in [0.2, 0.25) is 0 Å². The highest BCUT2D eigenvalue weighted by Gasteiger charge is 2.06. The van der Waals surface area contributed by atoms with Crippen LogP contribution in [0.2, 0.25) is 0 Å². The van der Waals surface area contributed by atoms with Crippen molar-refractivity contribution in [2.75, 3.05) is 14.2 Å². The minimum absolute atomic E-state index is 0.554. The topological polar surface area (TPSA) is 48.3 Å².